The van der Waals surface area contributed by atoms with E-state index in [0.717, 1.165) is 57.0 Å². The van der Waals surface area contributed by atoms with Gasteiger partial charge in [0.1, 0.15) is 0 Å². The van der Waals surface area contributed by atoms with Crippen LogP contribution < -0.4 is 16.0 Å². The number of piperidine rings is 1. The Kier molecular flexibility index (Phi) is 8.91. The number of carbonyl (C=O) groups is 1. The molecule has 2 aromatic carbocycles. The predicted octanol–water partition coefficient (Wildman–Crippen LogP) is 2.81. The first-order valence-electron chi connectivity index (χ1n) is 11.3. The summed E-state index contributed by atoms with van der Waals surface area (Å²) in [5.41, 5.74) is 3.19. The zero-order valence-electron chi connectivity index (χ0n) is 18.7. The van der Waals surface area contributed by atoms with Crippen LogP contribution in [0.4, 0.5) is 0 Å². The van der Waals surface area contributed by atoms with Gasteiger partial charge in [0.15, 0.2) is 5.96 Å². The van der Waals surface area contributed by atoms with E-state index in [1.807, 2.05) is 24.3 Å². The lowest BCUT2D eigenvalue weighted by Gasteiger charge is -2.33. The van der Waals surface area contributed by atoms with E-state index < -0.39 is 0 Å². The van der Waals surface area contributed by atoms with Crippen LogP contribution in [0.5, 0.6) is 0 Å². The standard InChI is InChI=1S/C25H35N5O/c1-3-27-25(28-15-12-20-10-7-11-22(18-20)24(31)26-2)29-23-13-16-30(17-14-23)19-21-8-5-4-6-9-21/h4-11,18,23H,3,12-17,19H2,1-2H3,(H,26,31)(H2,27,28,29). The van der Waals surface area contributed by atoms with Crippen molar-refractivity contribution in [1.82, 2.24) is 20.9 Å². The zero-order valence-corrected chi connectivity index (χ0v) is 18.7. The molecule has 0 unspecified atom stereocenters. The molecule has 1 heterocycles. The number of hydrogen-bond acceptors (Lipinski definition) is 3. The molecule has 0 aliphatic carbocycles. The van der Waals surface area contributed by atoms with Crippen molar-refractivity contribution in [3.05, 3.63) is 71.3 Å². The van der Waals surface area contributed by atoms with Gasteiger partial charge in [-0.1, -0.05) is 42.5 Å². The zero-order chi connectivity index (χ0) is 21.9. The fourth-order valence-electron chi connectivity index (χ4n) is 3.90. The summed E-state index contributed by atoms with van der Waals surface area (Å²) in [4.78, 5) is 19.1. The number of aliphatic imine (C=N–C) groups is 1. The van der Waals surface area contributed by atoms with Crippen LogP contribution in [0.3, 0.4) is 0 Å². The molecule has 1 aliphatic rings. The smallest absolute Gasteiger partial charge is 0.251 e. The third-order valence-corrected chi connectivity index (χ3v) is 5.61. The molecular weight excluding hydrogens is 386 g/mol. The predicted molar refractivity (Wildman–Crippen MR) is 127 cm³/mol. The first-order chi connectivity index (χ1) is 15.2. The molecule has 1 amide bonds. The Morgan fingerprint density at radius 2 is 1.81 bits per heavy atom. The first-order valence-corrected chi connectivity index (χ1v) is 11.3. The van der Waals surface area contributed by atoms with Crippen LogP contribution in [0.1, 0.15) is 41.3 Å². The van der Waals surface area contributed by atoms with Crippen molar-refractivity contribution in [2.24, 2.45) is 4.99 Å². The molecule has 31 heavy (non-hydrogen) atoms. The van der Waals surface area contributed by atoms with Crippen LogP contribution in [0, 0.1) is 0 Å². The lowest BCUT2D eigenvalue weighted by Crippen LogP contribution is -2.48. The molecule has 1 aliphatic heterocycles. The van der Waals surface area contributed by atoms with Crippen LogP contribution in [-0.4, -0.2) is 56.0 Å². The van der Waals surface area contributed by atoms with Gasteiger partial charge in [0, 0.05) is 51.4 Å². The SMILES string of the molecule is CCNC(=NCCc1cccc(C(=O)NC)c1)NC1CCN(Cc2ccccc2)CC1. The molecule has 0 atom stereocenters. The molecule has 0 aromatic heterocycles. The van der Waals surface area contributed by atoms with Crippen LogP contribution >= 0.6 is 0 Å². The van der Waals surface area contributed by atoms with E-state index in [0.29, 0.717) is 18.2 Å². The molecule has 0 saturated carbocycles. The average molecular weight is 422 g/mol. The van der Waals surface area contributed by atoms with Gasteiger partial charge < -0.3 is 16.0 Å². The van der Waals surface area contributed by atoms with Gasteiger partial charge in [0.25, 0.3) is 5.91 Å². The second kappa shape index (κ2) is 12.1. The number of carbonyl (C=O) groups excluding carboxylic acids is 1. The maximum Gasteiger partial charge on any atom is 0.251 e. The summed E-state index contributed by atoms with van der Waals surface area (Å²) in [6.07, 6.45) is 3.04. The topological polar surface area (TPSA) is 68.8 Å². The fraction of sp³-hybridized carbons (Fsp3) is 0.440. The number of hydrogen-bond donors (Lipinski definition) is 3. The summed E-state index contributed by atoms with van der Waals surface area (Å²) in [5, 5.41) is 9.65. The molecule has 6 nitrogen and oxygen atoms in total. The van der Waals surface area contributed by atoms with E-state index in [9.17, 15) is 4.79 Å². The summed E-state index contributed by atoms with van der Waals surface area (Å²) in [6, 6.07) is 18.9. The van der Waals surface area contributed by atoms with Crippen LogP contribution in [0.2, 0.25) is 0 Å². The Hall–Kier alpha value is -2.86. The molecule has 3 N–H and O–H groups in total. The van der Waals surface area contributed by atoms with Crippen molar-refractivity contribution in [3.8, 4) is 0 Å². The number of nitrogens with one attached hydrogen (secondary N) is 3. The average Bonchev–Trinajstić information content (AvgIpc) is 2.81. The van der Waals surface area contributed by atoms with E-state index >= 15 is 0 Å². The van der Waals surface area contributed by atoms with E-state index in [-0.39, 0.29) is 5.91 Å². The Bertz CT molecular complexity index is 844. The Morgan fingerprint density at radius 1 is 1.06 bits per heavy atom. The van der Waals surface area contributed by atoms with Gasteiger partial charge in [0.05, 0.1) is 0 Å². The highest BCUT2D eigenvalue weighted by Gasteiger charge is 2.20. The van der Waals surface area contributed by atoms with Gasteiger partial charge in [0.2, 0.25) is 0 Å². The maximum atomic E-state index is 11.8. The van der Waals surface area contributed by atoms with Crippen molar-refractivity contribution in [2.45, 2.75) is 38.8 Å². The minimum Gasteiger partial charge on any atom is -0.357 e. The highest BCUT2D eigenvalue weighted by atomic mass is 16.1. The molecule has 0 bridgehead atoms. The summed E-state index contributed by atoms with van der Waals surface area (Å²) in [6.45, 7) is 6.82. The van der Waals surface area contributed by atoms with E-state index in [1.54, 1.807) is 7.05 Å². The Balaban J connectivity index is 1.47. The van der Waals surface area contributed by atoms with Crippen molar-refractivity contribution in [1.29, 1.82) is 0 Å². The fourth-order valence-corrected chi connectivity index (χ4v) is 3.90. The van der Waals surface area contributed by atoms with Crippen LogP contribution in [0.25, 0.3) is 0 Å². The number of rotatable bonds is 8. The van der Waals surface area contributed by atoms with Crippen LogP contribution in [-0.2, 0) is 13.0 Å². The van der Waals surface area contributed by atoms with Gasteiger partial charge in [-0.3, -0.25) is 14.7 Å². The Morgan fingerprint density at radius 3 is 2.52 bits per heavy atom. The van der Waals surface area contributed by atoms with Gasteiger partial charge in [-0.15, -0.1) is 0 Å². The number of amides is 1. The summed E-state index contributed by atoms with van der Waals surface area (Å²) < 4.78 is 0. The largest absolute Gasteiger partial charge is 0.357 e. The molecule has 0 spiro atoms. The maximum absolute atomic E-state index is 11.8. The normalized spacial score (nSPS) is 15.5. The third-order valence-electron chi connectivity index (χ3n) is 5.61. The Labute approximate surface area is 186 Å². The minimum atomic E-state index is -0.0565. The second-order valence-corrected chi connectivity index (χ2v) is 7.97. The number of benzene rings is 2. The molecular formula is C25H35N5O. The molecule has 6 heteroatoms. The van der Waals surface area contributed by atoms with E-state index in [4.69, 9.17) is 4.99 Å². The first kappa shape index (κ1) is 22.8. The molecule has 0 radical (unpaired) electrons. The summed E-state index contributed by atoms with van der Waals surface area (Å²) in [5.74, 6) is 0.824. The number of guanidine groups is 1. The molecule has 1 saturated heterocycles. The van der Waals surface area contributed by atoms with Crippen molar-refractivity contribution >= 4 is 11.9 Å². The van der Waals surface area contributed by atoms with Gasteiger partial charge in [-0.05, 0) is 49.4 Å². The summed E-state index contributed by atoms with van der Waals surface area (Å²) >= 11 is 0. The third kappa shape index (κ3) is 7.40. The molecule has 1 fully saturated rings. The quantitative estimate of drug-likeness (QED) is 0.453. The minimum absolute atomic E-state index is 0.0565. The van der Waals surface area contributed by atoms with E-state index in [2.05, 4.69) is 58.1 Å². The molecule has 2 aromatic rings. The van der Waals surface area contributed by atoms with Gasteiger partial charge in [-0.25, -0.2) is 0 Å². The highest BCUT2D eigenvalue weighted by Crippen LogP contribution is 2.14. The van der Waals surface area contributed by atoms with Crippen molar-refractivity contribution < 1.29 is 4.79 Å². The lowest BCUT2D eigenvalue weighted by molar-refractivity contribution is 0.0963. The second-order valence-electron chi connectivity index (χ2n) is 7.97. The van der Waals surface area contributed by atoms with E-state index in [1.165, 1.54) is 5.56 Å². The molecule has 166 valence electrons. The number of nitrogens with zero attached hydrogens (tertiary/aromatic N) is 2. The van der Waals surface area contributed by atoms with Crippen LogP contribution in [0.15, 0.2) is 59.6 Å². The van der Waals surface area contributed by atoms with Gasteiger partial charge >= 0.3 is 0 Å². The number of likely N-dealkylation sites (tertiary alicyclic amines) is 1. The van der Waals surface area contributed by atoms with Crippen molar-refractivity contribution in [3.63, 3.8) is 0 Å². The monoisotopic (exact) mass is 421 g/mol. The highest BCUT2D eigenvalue weighted by molar-refractivity contribution is 5.94. The van der Waals surface area contributed by atoms with Crippen molar-refractivity contribution in [2.75, 3.05) is 33.2 Å². The summed E-state index contributed by atoms with van der Waals surface area (Å²) in [7, 11) is 1.65. The van der Waals surface area contributed by atoms with Gasteiger partial charge in [-0.2, -0.15) is 0 Å². The lowest BCUT2D eigenvalue weighted by atomic mass is 10.0. The molecule has 3 rings (SSSR count).